The van der Waals surface area contributed by atoms with Gasteiger partial charge in [-0.1, -0.05) is 11.8 Å². The van der Waals surface area contributed by atoms with E-state index >= 15 is 0 Å². The predicted octanol–water partition coefficient (Wildman–Crippen LogP) is 3.33. The summed E-state index contributed by atoms with van der Waals surface area (Å²) in [6, 6.07) is 13.5. The lowest BCUT2D eigenvalue weighted by molar-refractivity contribution is 0.355. The van der Waals surface area contributed by atoms with Crippen LogP contribution >= 0.6 is 11.8 Å². The van der Waals surface area contributed by atoms with E-state index in [4.69, 9.17) is 19.3 Å². The van der Waals surface area contributed by atoms with E-state index in [0.29, 0.717) is 23.1 Å². The van der Waals surface area contributed by atoms with Crippen molar-refractivity contribution in [1.82, 2.24) is 14.9 Å². The summed E-state index contributed by atoms with van der Waals surface area (Å²) >= 11 is 1.60. The fourth-order valence-corrected chi connectivity index (χ4v) is 3.64. The second-order valence-electron chi connectivity index (χ2n) is 5.75. The Morgan fingerprint density at radius 3 is 2.30 bits per heavy atom. The average Bonchev–Trinajstić information content (AvgIpc) is 3.16. The van der Waals surface area contributed by atoms with E-state index in [-0.39, 0.29) is 0 Å². The Balaban J connectivity index is 1.73. The third-order valence-electron chi connectivity index (χ3n) is 4.24. The molecule has 0 spiro atoms. The minimum absolute atomic E-state index is 0.674. The highest BCUT2D eigenvalue weighted by molar-refractivity contribution is 7.99. The third-order valence-corrected chi connectivity index (χ3v) is 5.17. The number of thioether (sulfide) groups is 1. The monoisotopic (exact) mass is 382 g/mol. The van der Waals surface area contributed by atoms with Gasteiger partial charge in [0.15, 0.2) is 17.3 Å². The minimum atomic E-state index is 0.674. The van der Waals surface area contributed by atoms with Crippen LogP contribution in [0.2, 0.25) is 0 Å². The first-order chi connectivity index (χ1) is 13.2. The molecule has 0 bridgehead atoms. The van der Waals surface area contributed by atoms with Crippen LogP contribution in [0.25, 0.3) is 11.4 Å². The lowest BCUT2D eigenvalue weighted by atomic mass is 10.1. The van der Waals surface area contributed by atoms with E-state index in [1.807, 2.05) is 42.5 Å². The van der Waals surface area contributed by atoms with Crippen LogP contribution in [-0.2, 0) is 0 Å². The molecule has 4 rings (SSSR count). The number of fused-ring (bicyclic) bond motifs is 1. The van der Waals surface area contributed by atoms with Gasteiger partial charge in [-0.25, -0.2) is 0 Å². The largest absolute Gasteiger partial charge is 0.497 e. The van der Waals surface area contributed by atoms with Crippen LogP contribution in [0, 0.1) is 0 Å². The standard InChI is InChI=1S/C19H18N4O3S/c1-24-14-7-4-12(5-8-14)18-20-21-19-23(18)22-15(11-27-19)13-6-9-16(25-2)17(10-13)26-3/h4-10H,11H2,1-3H3. The van der Waals surface area contributed by atoms with Gasteiger partial charge in [-0.2, -0.15) is 9.78 Å². The number of benzene rings is 2. The summed E-state index contributed by atoms with van der Waals surface area (Å²) in [5, 5.41) is 14.1. The number of hydrogen-bond donors (Lipinski definition) is 0. The number of rotatable bonds is 5. The lowest BCUT2D eigenvalue weighted by Crippen LogP contribution is -2.14. The molecular weight excluding hydrogens is 364 g/mol. The Morgan fingerprint density at radius 2 is 1.59 bits per heavy atom. The van der Waals surface area contributed by atoms with Crippen LogP contribution in [0.15, 0.2) is 52.7 Å². The Labute approximate surface area is 161 Å². The second kappa shape index (κ2) is 7.32. The number of hydrogen-bond acceptors (Lipinski definition) is 7. The highest BCUT2D eigenvalue weighted by atomic mass is 32.2. The molecule has 0 N–H and O–H groups in total. The van der Waals surface area contributed by atoms with Crippen LogP contribution in [-0.4, -0.2) is 47.7 Å². The molecule has 0 unspecified atom stereocenters. The first kappa shape index (κ1) is 17.4. The predicted molar refractivity (Wildman–Crippen MR) is 104 cm³/mol. The van der Waals surface area contributed by atoms with Gasteiger partial charge in [-0.15, -0.1) is 10.2 Å². The normalized spacial score (nSPS) is 12.9. The second-order valence-corrected chi connectivity index (χ2v) is 6.69. The van der Waals surface area contributed by atoms with Crippen molar-refractivity contribution < 1.29 is 14.2 Å². The van der Waals surface area contributed by atoms with Gasteiger partial charge in [0.05, 0.1) is 27.0 Å². The molecule has 138 valence electrons. The van der Waals surface area contributed by atoms with Crippen LogP contribution in [0.4, 0.5) is 0 Å². The molecule has 0 aliphatic carbocycles. The van der Waals surface area contributed by atoms with Crippen LogP contribution < -0.4 is 14.2 Å². The third kappa shape index (κ3) is 3.23. The van der Waals surface area contributed by atoms with Gasteiger partial charge in [0.2, 0.25) is 5.16 Å². The highest BCUT2D eigenvalue weighted by Crippen LogP contribution is 2.32. The molecule has 1 aromatic heterocycles. The minimum Gasteiger partial charge on any atom is -0.497 e. The molecule has 8 heteroatoms. The molecule has 0 saturated carbocycles. The zero-order chi connectivity index (χ0) is 18.8. The van der Waals surface area contributed by atoms with Gasteiger partial charge >= 0.3 is 0 Å². The molecule has 3 aromatic rings. The number of nitrogens with zero attached hydrogens (tertiary/aromatic N) is 4. The van der Waals surface area contributed by atoms with Gasteiger partial charge in [0.1, 0.15) is 5.75 Å². The van der Waals surface area contributed by atoms with Crippen molar-refractivity contribution in [2.45, 2.75) is 5.16 Å². The SMILES string of the molecule is COc1ccc(-c2nnc3n2N=C(c2ccc(OC)c(OC)c2)CS3)cc1. The fraction of sp³-hybridized carbons (Fsp3) is 0.211. The molecule has 2 aromatic carbocycles. The molecule has 0 atom stereocenters. The summed E-state index contributed by atoms with van der Waals surface area (Å²) in [5.74, 6) is 3.55. The Bertz CT molecular complexity index is 999. The van der Waals surface area contributed by atoms with E-state index in [2.05, 4.69) is 10.2 Å². The first-order valence-corrected chi connectivity index (χ1v) is 9.25. The van der Waals surface area contributed by atoms with Crippen molar-refractivity contribution in [3.63, 3.8) is 0 Å². The fourth-order valence-electron chi connectivity index (χ4n) is 2.80. The molecule has 0 fully saturated rings. The number of methoxy groups -OCH3 is 3. The molecule has 1 aliphatic rings. The van der Waals surface area contributed by atoms with E-state index in [0.717, 1.165) is 27.7 Å². The summed E-state index contributed by atoms with van der Waals surface area (Å²) in [4.78, 5) is 0. The zero-order valence-corrected chi connectivity index (χ0v) is 16.0. The average molecular weight is 382 g/mol. The molecule has 27 heavy (non-hydrogen) atoms. The van der Waals surface area contributed by atoms with E-state index in [1.165, 1.54) is 0 Å². The topological polar surface area (TPSA) is 70.8 Å². The van der Waals surface area contributed by atoms with Crippen LogP contribution in [0.3, 0.4) is 0 Å². The smallest absolute Gasteiger partial charge is 0.212 e. The summed E-state index contributed by atoms with van der Waals surface area (Å²) in [5.41, 5.74) is 2.82. The molecule has 0 radical (unpaired) electrons. The maximum Gasteiger partial charge on any atom is 0.212 e. The lowest BCUT2D eigenvalue weighted by Gasteiger charge is -2.15. The number of aromatic nitrogens is 3. The molecule has 0 amide bonds. The van der Waals surface area contributed by atoms with Crippen molar-refractivity contribution >= 4 is 17.5 Å². The van der Waals surface area contributed by atoms with E-state index in [9.17, 15) is 0 Å². The van der Waals surface area contributed by atoms with Gasteiger partial charge in [-0.3, -0.25) is 0 Å². The van der Waals surface area contributed by atoms with Gasteiger partial charge in [0.25, 0.3) is 0 Å². The Hall–Kier alpha value is -3.00. The Morgan fingerprint density at radius 1 is 0.852 bits per heavy atom. The van der Waals surface area contributed by atoms with Gasteiger partial charge in [0, 0.05) is 16.9 Å². The van der Waals surface area contributed by atoms with Crippen molar-refractivity contribution in [3.05, 3.63) is 48.0 Å². The summed E-state index contributed by atoms with van der Waals surface area (Å²) in [7, 11) is 4.89. The van der Waals surface area contributed by atoms with Crippen molar-refractivity contribution in [3.8, 4) is 28.6 Å². The van der Waals surface area contributed by atoms with Crippen molar-refractivity contribution in [2.75, 3.05) is 27.1 Å². The van der Waals surface area contributed by atoms with Crippen LogP contribution in [0.1, 0.15) is 5.56 Å². The highest BCUT2D eigenvalue weighted by Gasteiger charge is 2.21. The molecular formula is C19H18N4O3S. The van der Waals surface area contributed by atoms with Crippen LogP contribution in [0.5, 0.6) is 17.2 Å². The molecule has 1 aliphatic heterocycles. The van der Waals surface area contributed by atoms with E-state index < -0.39 is 0 Å². The van der Waals surface area contributed by atoms with Crippen molar-refractivity contribution in [2.24, 2.45) is 5.10 Å². The quantitative estimate of drug-likeness (QED) is 0.674. The molecule has 2 heterocycles. The summed E-state index contributed by atoms with van der Waals surface area (Å²) in [6.45, 7) is 0. The Kier molecular flexibility index (Phi) is 4.72. The van der Waals surface area contributed by atoms with Gasteiger partial charge < -0.3 is 14.2 Å². The molecule has 7 nitrogen and oxygen atoms in total. The molecule has 0 saturated heterocycles. The van der Waals surface area contributed by atoms with E-state index in [1.54, 1.807) is 37.8 Å². The summed E-state index contributed by atoms with van der Waals surface area (Å²) in [6.07, 6.45) is 0. The number of ether oxygens (including phenoxy) is 3. The maximum absolute atomic E-state index is 5.41. The summed E-state index contributed by atoms with van der Waals surface area (Å²) < 4.78 is 17.7. The maximum atomic E-state index is 5.41. The van der Waals surface area contributed by atoms with Crippen molar-refractivity contribution in [1.29, 1.82) is 0 Å². The first-order valence-electron chi connectivity index (χ1n) is 8.26. The zero-order valence-electron chi connectivity index (χ0n) is 15.2. The van der Waals surface area contributed by atoms with Gasteiger partial charge in [-0.05, 0) is 42.5 Å².